The molecule has 19 heavy (non-hydrogen) atoms. The van der Waals surface area contributed by atoms with Gasteiger partial charge in [0.1, 0.15) is 5.75 Å². The van der Waals surface area contributed by atoms with Crippen molar-refractivity contribution in [1.29, 1.82) is 0 Å². The summed E-state index contributed by atoms with van der Waals surface area (Å²) in [6.07, 6.45) is 0. The van der Waals surface area contributed by atoms with Crippen molar-refractivity contribution >= 4 is 0 Å². The van der Waals surface area contributed by atoms with E-state index in [0.717, 1.165) is 11.1 Å². The van der Waals surface area contributed by atoms with Crippen molar-refractivity contribution in [1.82, 2.24) is 5.32 Å². The molecule has 100 valence electrons. The molecule has 0 aliphatic heterocycles. The molecule has 0 aromatic heterocycles. The minimum absolute atomic E-state index is 0.0384. The van der Waals surface area contributed by atoms with Crippen LogP contribution < -0.4 is 5.32 Å². The van der Waals surface area contributed by atoms with Crippen molar-refractivity contribution in [2.75, 3.05) is 6.61 Å². The van der Waals surface area contributed by atoms with Crippen LogP contribution >= 0.6 is 0 Å². The Hall–Kier alpha value is -1.84. The summed E-state index contributed by atoms with van der Waals surface area (Å²) in [6, 6.07) is 17.0. The molecule has 0 saturated heterocycles. The zero-order valence-corrected chi connectivity index (χ0v) is 11.0. The van der Waals surface area contributed by atoms with Gasteiger partial charge in [0.05, 0.1) is 12.1 Å². The van der Waals surface area contributed by atoms with Crippen molar-refractivity contribution in [2.45, 2.75) is 19.0 Å². The van der Waals surface area contributed by atoms with Crippen molar-refractivity contribution in [3.8, 4) is 5.75 Å². The Morgan fingerprint density at radius 3 is 2.42 bits per heavy atom. The Morgan fingerprint density at radius 2 is 1.79 bits per heavy atom. The van der Waals surface area contributed by atoms with Crippen LogP contribution in [0.15, 0.2) is 54.6 Å². The molecule has 3 heteroatoms. The fourth-order valence-electron chi connectivity index (χ4n) is 1.99. The number of aromatic hydroxyl groups is 1. The maximum Gasteiger partial charge on any atom is 0.115 e. The van der Waals surface area contributed by atoms with Gasteiger partial charge in [0.25, 0.3) is 0 Å². The van der Waals surface area contributed by atoms with Gasteiger partial charge in [-0.15, -0.1) is 0 Å². The summed E-state index contributed by atoms with van der Waals surface area (Å²) in [5, 5.41) is 22.6. The molecule has 1 atom stereocenters. The number of hydrogen-bond acceptors (Lipinski definition) is 3. The summed E-state index contributed by atoms with van der Waals surface area (Å²) in [5.74, 6) is 0.207. The van der Waals surface area contributed by atoms with Gasteiger partial charge in [-0.1, -0.05) is 42.5 Å². The van der Waals surface area contributed by atoms with Crippen LogP contribution in [0.2, 0.25) is 0 Å². The molecule has 0 aliphatic rings. The van der Waals surface area contributed by atoms with Crippen LogP contribution in [-0.4, -0.2) is 16.8 Å². The Labute approximate surface area is 113 Å². The van der Waals surface area contributed by atoms with Crippen LogP contribution in [0, 0.1) is 0 Å². The van der Waals surface area contributed by atoms with E-state index < -0.39 is 5.54 Å². The number of phenols is 1. The number of phenolic OH excluding ortho intramolecular Hbond substituents is 1. The minimum atomic E-state index is -0.575. The fourth-order valence-corrected chi connectivity index (χ4v) is 1.99. The van der Waals surface area contributed by atoms with E-state index in [0.29, 0.717) is 6.54 Å². The van der Waals surface area contributed by atoms with Crippen molar-refractivity contribution < 1.29 is 10.2 Å². The van der Waals surface area contributed by atoms with Crippen LogP contribution in [-0.2, 0) is 12.1 Å². The normalized spacial score (nSPS) is 14.0. The average molecular weight is 257 g/mol. The zero-order chi connectivity index (χ0) is 13.7. The smallest absolute Gasteiger partial charge is 0.115 e. The number of rotatable bonds is 5. The number of hydrogen-bond donors (Lipinski definition) is 3. The third-order valence-corrected chi connectivity index (χ3v) is 3.33. The summed E-state index contributed by atoms with van der Waals surface area (Å²) in [5.41, 5.74) is 1.45. The summed E-state index contributed by atoms with van der Waals surface area (Å²) in [4.78, 5) is 0. The van der Waals surface area contributed by atoms with Gasteiger partial charge in [-0.25, -0.2) is 0 Å². The van der Waals surface area contributed by atoms with Gasteiger partial charge in [0, 0.05) is 6.54 Å². The van der Waals surface area contributed by atoms with Crippen LogP contribution in [0.3, 0.4) is 0 Å². The minimum Gasteiger partial charge on any atom is -0.508 e. The van der Waals surface area contributed by atoms with Gasteiger partial charge in [0.15, 0.2) is 0 Å². The van der Waals surface area contributed by atoms with E-state index in [-0.39, 0.29) is 12.4 Å². The highest BCUT2D eigenvalue weighted by atomic mass is 16.3. The van der Waals surface area contributed by atoms with Gasteiger partial charge < -0.3 is 15.5 Å². The average Bonchev–Trinajstić information content (AvgIpc) is 2.46. The lowest BCUT2D eigenvalue weighted by atomic mass is 9.92. The van der Waals surface area contributed by atoms with E-state index in [9.17, 15) is 10.2 Å². The SMILES string of the molecule is CC(CO)(NCc1ccccc1)c1cccc(O)c1. The Kier molecular flexibility index (Phi) is 4.20. The van der Waals surface area contributed by atoms with Crippen molar-refractivity contribution in [2.24, 2.45) is 0 Å². The van der Waals surface area contributed by atoms with Gasteiger partial charge in [-0.3, -0.25) is 0 Å². The maximum absolute atomic E-state index is 9.66. The summed E-state index contributed by atoms with van der Waals surface area (Å²) < 4.78 is 0. The van der Waals surface area contributed by atoms with Crippen LogP contribution in [0.25, 0.3) is 0 Å². The van der Waals surface area contributed by atoms with Crippen molar-refractivity contribution in [3.63, 3.8) is 0 Å². The van der Waals surface area contributed by atoms with E-state index >= 15 is 0 Å². The Morgan fingerprint density at radius 1 is 1.05 bits per heavy atom. The predicted octanol–water partition coefficient (Wildman–Crippen LogP) is 2.39. The molecule has 3 nitrogen and oxygen atoms in total. The molecule has 0 amide bonds. The first-order valence-electron chi connectivity index (χ1n) is 6.33. The molecule has 0 spiro atoms. The topological polar surface area (TPSA) is 52.5 Å². The second-order valence-corrected chi connectivity index (χ2v) is 4.88. The molecule has 1 unspecified atom stereocenters. The standard InChI is InChI=1S/C16H19NO2/c1-16(12-18,14-8-5-9-15(19)10-14)17-11-13-6-3-2-4-7-13/h2-10,17-19H,11-12H2,1H3. The van der Waals surface area contributed by atoms with Gasteiger partial charge >= 0.3 is 0 Å². The molecule has 0 bridgehead atoms. The summed E-state index contributed by atoms with van der Waals surface area (Å²) >= 11 is 0. The molecular weight excluding hydrogens is 238 g/mol. The van der Waals surface area contributed by atoms with E-state index in [1.54, 1.807) is 18.2 Å². The van der Waals surface area contributed by atoms with E-state index in [2.05, 4.69) is 5.32 Å². The molecule has 3 N–H and O–H groups in total. The molecule has 2 rings (SSSR count). The fraction of sp³-hybridized carbons (Fsp3) is 0.250. The lowest BCUT2D eigenvalue weighted by Gasteiger charge is -2.29. The highest BCUT2D eigenvalue weighted by Gasteiger charge is 2.25. The first-order chi connectivity index (χ1) is 9.14. The first kappa shape index (κ1) is 13.6. The quantitative estimate of drug-likeness (QED) is 0.771. The third-order valence-electron chi connectivity index (χ3n) is 3.33. The predicted molar refractivity (Wildman–Crippen MR) is 75.8 cm³/mol. The molecule has 0 saturated carbocycles. The largest absolute Gasteiger partial charge is 0.508 e. The van der Waals surface area contributed by atoms with Crippen molar-refractivity contribution in [3.05, 3.63) is 65.7 Å². The maximum atomic E-state index is 9.66. The van der Waals surface area contributed by atoms with Gasteiger partial charge in [-0.05, 0) is 30.2 Å². The van der Waals surface area contributed by atoms with Crippen LogP contribution in [0.1, 0.15) is 18.1 Å². The lowest BCUT2D eigenvalue weighted by Crippen LogP contribution is -2.42. The van der Waals surface area contributed by atoms with E-state index in [4.69, 9.17) is 0 Å². The molecule has 2 aromatic carbocycles. The number of aliphatic hydroxyl groups excluding tert-OH is 1. The highest BCUT2D eigenvalue weighted by Crippen LogP contribution is 2.24. The number of nitrogens with one attached hydrogen (secondary N) is 1. The summed E-state index contributed by atoms with van der Waals surface area (Å²) in [7, 11) is 0. The molecule has 0 radical (unpaired) electrons. The Balaban J connectivity index is 2.14. The van der Waals surface area contributed by atoms with Gasteiger partial charge in [0.2, 0.25) is 0 Å². The molecular formula is C16H19NO2. The summed E-state index contributed by atoms with van der Waals surface area (Å²) in [6.45, 7) is 2.54. The monoisotopic (exact) mass is 257 g/mol. The van der Waals surface area contributed by atoms with Gasteiger partial charge in [-0.2, -0.15) is 0 Å². The highest BCUT2D eigenvalue weighted by molar-refractivity contribution is 5.32. The van der Waals surface area contributed by atoms with E-state index in [1.807, 2.05) is 43.3 Å². The van der Waals surface area contributed by atoms with Crippen LogP contribution in [0.4, 0.5) is 0 Å². The Bertz CT molecular complexity index is 527. The molecule has 2 aromatic rings. The second-order valence-electron chi connectivity index (χ2n) is 4.88. The number of aliphatic hydroxyl groups is 1. The lowest BCUT2D eigenvalue weighted by molar-refractivity contribution is 0.173. The molecule has 0 aliphatic carbocycles. The second kappa shape index (κ2) is 5.87. The zero-order valence-electron chi connectivity index (χ0n) is 11.0. The van der Waals surface area contributed by atoms with E-state index in [1.165, 1.54) is 0 Å². The molecule has 0 heterocycles. The third kappa shape index (κ3) is 3.34. The molecule has 0 fully saturated rings. The first-order valence-corrected chi connectivity index (χ1v) is 6.33. The number of benzene rings is 2. The van der Waals surface area contributed by atoms with Crippen LogP contribution in [0.5, 0.6) is 5.75 Å².